The summed E-state index contributed by atoms with van der Waals surface area (Å²) in [5, 5.41) is 11.4. The first-order valence-electron chi connectivity index (χ1n) is 8.26. The highest BCUT2D eigenvalue weighted by atomic mass is 35.5. The molecule has 0 saturated heterocycles. The topological polar surface area (TPSA) is 36.1 Å². The fourth-order valence-corrected chi connectivity index (χ4v) is 3.46. The normalized spacial score (nSPS) is 21.8. The number of hydrogen-bond acceptors (Lipinski definition) is 3. The molecule has 1 saturated carbocycles. The van der Waals surface area contributed by atoms with Gasteiger partial charge in [0, 0.05) is 19.1 Å². The number of rotatable bonds is 8. The lowest BCUT2D eigenvalue weighted by Crippen LogP contribution is -2.31. The highest BCUT2D eigenvalue weighted by Crippen LogP contribution is 2.29. The molecule has 0 radical (unpaired) electrons. The number of benzene rings is 1. The second-order valence-electron chi connectivity index (χ2n) is 6.07. The summed E-state index contributed by atoms with van der Waals surface area (Å²) in [6.45, 7) is 2.89. The molecule has 3 N–H and O–H groups in total. The fourth-order valence-electron chi connectivity index (χ4n) is 3.10. The third-order valence-electron chi connectivity index (χ3n) is 4.55. The Balaban J connectivity index is 1.54. The van der Waals surface area contributed by atoms with Gasteiger partial charge in [-0.2, -0.15) is 0 Å². The van der Waals surface area contributed by atoms with E-state index >= 15 is 0 Å². The Bertz CT molecular complexity index is 446. The predicted molar refractivity (Wildman–Crippen MR) is 97.2 cm³/mol. The summed E-state index contributed by atoms with van der Waals surface area (Å²) >= 11 is 12.1. The van der Waals surface area contributed by atoms with Gasteiger partial charge in [0.2, 0.25) is 0 Å². The monoisotopic (exact) mass is 343 g/mol. The standard InChI is InChI=1S/C17H27Cl2N3/c1-20-14-7-5-13(6-8-14)9-10-21-11-12-22-16-4-2-3-15(18)17(16)19/h2-4,13-14,20-22H,5-12H2,1H3. The molecule has 1 aromatic rings. The van der Waals surface area contributed by atoms with E-state index in [1.807, 2.05) is 12.1 Å². The molecule has 1 aliphatic rings. The van der Waals surface area contributed by atoms with E-state index < -0.39 is 0 Å². The zero-order valence-electron chi connectivity index (χ0n) is 13.3. The van der Waals surface area contributed by atoms with Crippen molar-refractivity contribution in [3.05, 3.63) is 28.2 Å². The van der Waals surface area contributed by atoms with Gasteiger partial charge in [-0.1, -0.05) is 29.3 Å². The van der Waals surface area contributed by atoms with Crippen molar-refractivity contribution in [1.29, 1.82) is 0 Å². The molecule has 124 valence electrons. The van der Waals surface area contributed by atoms with Crippen molar-refractivity contribution in [2.24, 2.45) is 5.92 Å². The average Bonchev–Trinajstić information content (AvgIpc) is 2.55. The van der Waals surface area contributed by atoms with Crippen LogP contribution in [0, 0.1) is 5.92 Å². The molecule has 22 heavy (non-hydrogen) atoms. The molecule has 0 aromatic heterocycles. The Labute approximate surface area is 144 Å². The lowest BCUT2D eigenvalue weighted by molar-refractivity contribution is 0.287. The Kier molecular flexibility index (Phi) is 7.81. The zero-order chi connectivity index (χ0) is 15.8. The highest BCUT2D eigenvalue weighted by molar-refractivity contribution is 6.43. The molecule has 1 aliphatic carbocycles. The Hall–Kier alpha value is -0.480. The average molecular weight is 344 g/mol. The second kappa shape index (κ2) is 9.61. The molecule has 0 spiro atoms. The van der Waals surface area contributed by atoms with Gasteiger partial charge in [-0.05, 0) is 63.7 Å². The summed E-state index contributed by atoms with van der Waals surface area (Å²) in [4.78, 5) is 0. The summed E-state index contributed by atoms with van der Waals surface area (Å²) in [6, 6.07) is 6.41. The first-order chi connectivity index (χ1) is 10.7. The molecular weight excluding hydrogens is 317 g/mol. The SMILES string of the molecule is CNC1CCC(CCNCCNc2cccc(Cl)c2Cl)CC1. The fraction of sp³-hybridized carbons (Fsp3) is 0.647. The third-order valence-corrected chi connectivity index (χ3v) is 5.37. The largest absolute Gasteiger partial charge is 0.383 e. The molecular formula is C17H27Cl2N3. The lowest BCUT2D eigenvalue weighted by Gasteiger charge is -2.28. The van der Waals surface area contributed by atoms with Crippen LogP contribution >= 0.6 is 23.2 Å². The quantitative estimate of drug-likeness (QED) is 0.620. The van der Waals surface area contributed by atoms with Crippen LogP contribution in [0.5, 0.6) is 0 Å². The summed E-state index contributed by atoms with van der Waals surface area (Å²) in [6.07, 6.45) is 6.67. The number of halogens is 2. The van der Waals surface area contributed by atoms with E-state index in [4.69, 9.17) is 23.2 Å². The maximum Gasteiger partial charge on any atom is 0.0823 e. The molecule has 2 rings (SSSR count). The van der Waals surface area contributed by atoms with E-state index in [2.05, 4.69) is 23.0 Å². The number of nitrogens with one attached hydrogen (secondary N) is 3. The Morgan fingerprint density at radius 2 is 1.82 bits per heavy atom. The second-order valence-corrected chi connectivity index (χ2v) is 6.86. The van der Waals surface area contributed by atoms with Gasteiger partial charge in [0.15, 0.2) is 0 Å². The van der Waals surface area contributed by atoms with Gasteiger partial charge in [0.1, 0.15) is 0 Å². The maximum absolute atomic E-state index is 6.14. The molecule has 5 heteroatoms. The van der Waals surface area contributed by atoms with E-state index in [9.17, 15) is 0 Å². The van der Waals surface area contributed by atoms with E-state index in [-0.39, 0.29) is 0 Å². The summed E-state index contributed by atoms with van der Waals surface area (Å²) in [5.74, 6) is 0.896. The molecule has 0 amide bonds. The Morgan fingerprint density at radius 3 is 2.55 bits per heavy atom. The molecule has 0 bridgehead atoms. The highest BCUT2D eigenvalue weighted by Gasteiger charge is 2.19. The summed E-state index contributed by atoms with van der Waals surface area (Å²) in [7, 11) is 2.08. The minimum atomic E-state index is 0.594. The van der Waals surface area contributed by atoms with Crippen LogP contribution in [0.1, 0.15) is 32.1 Å². The van der Waals surface area contributed by atoms with Crippen molar-refractivity contribution in [2.75, 3.05) is 32.0 Å². The van der Waals surface area contributed by atoms with Crippen LogP contribution in [0.2, 0.25) is 10.0 Å². The molecule has 0 heterocycles. The van der Waals surface area contributed by atoms with Gasteiger partial charge < -0.3 is 16.0 Å². The van der Waals surface area contributed by atoms with E-state index in [0.29, 0.717) is 10.0 Å². The molecule has 0 atom stereocenters. The summed E-state index contributed by atoms with van der Waals surface area (Å²) < 4.78 is 0. The minimum Gasteiger partial charge on any atom is -0.383 e. The number of anilines is 1. The number of hydrogen-bond donors (Lipinski definition) is 3. The van der Waals surface area contributed by atoms with E-state index in [0.717, 1.165) is 37.3 Å². The minimum absolute atomic E-state index is 0.594. The van der Waals surface area contributed by atoms with Gasteiger partial charge in [0.05, 0.1) is 15.7 Å². The molecule has 3 nitrogen and oxygen atoms in total. The van der Waals surface area contributed by atoms with Crippen molar-refractivity contribution >= 4 is 28.9 Å². The van der Waals surface area contributed by atoms with Crippen LogP contribution in [0.25, 0.3) is 0 Å². The van der Waals surface area contributed by atoms with Gasteiger partial charge in [-0.15, -0.1) is 0 Å². The van der Waals surface area contributed by atoms with Gasteiger partial charge in [-0.25, -0.2) is 0 Å². The van der Waals surface area contributed by atoms with E-state index in [1.165, 1.54) is 32.1 Å². The zero-order valence-corrected chi connectivity index (χ0v) is 14.8. The first kappa shape index (κ1) is 17.9. The van der Waals surface area contributed by atoms with Crippen molar-refractivity contribution in [3.8, 4) is 0 Å². The smallest absolute Gasteiger partial charge is 0.0823 e. The Morgan fingerprint density at radius 1 is 1.05 bits per heavy atom. The summed E-state index contributed by atoms with van der Waals surface area (Å²) in [5.41, 5.74) is 0.904. The predicted octanol–water partition coefficient (Wildman–Crippen LogP) is 4.16. The van der Waals surface area contributed by atoms with Gasteiger partial charge >= 0.3 is 0 Å². The first-order valence-corrected chi connectivity index (χ1v) is 9.02. The molecule has 0 unspecified atom stereocenters. The van der Waals surface area contributed by atoms with Crippen molar-refractivity contribution in [3.63, 3.8) is 0 Å². The van der Waals surface area contributed by atoms with Crippen molar-refractivity contribution in [2.45, 2.75) is 38.1 Å². The van der Waals surface area contributed by atoms with Gasteiger partial charge in [-0.3, -0.25) is 0 Å². The van der Waals surface area contributed by atoms with E-state index in [1.54, 1.807) is 6.07 Å². The van der Waals surface area contributed by atoms with Crippen LogP contribution in [-0.2, 0) is 0 Å². The van der Waals surface area contributed by atoms with Crippen LogP contribution in [0.15, 0.2) is 18.2 Å². The van der Waals surface area contributed by atoms with Crippen LogP contribution in [0.4, 0.5) is 5.69 Å². The molecule has 0 aliphatic heterocycles. The maximum atomic E-state index is 6.14. The molecule has 1 fully saturated rings. The lowest BCUT2D eigenvalue weighted by atomic mass is 9.84. The van der Waals surface area contributed by atoms with Gasteiger partial charge in [0.25, 0.3) is 0 Å². The van der Waals surface area contributed by atoms with Crippen LogP contribution < -0.4 is 16.0 Å². The van der Waals surface area contributed by atoms with Crippen LogP contribution in [-0.4, -0.2) is 32.7 Å². The van der Waals surface area contributed by atoms with Crippen molar-refractivity contribution in [1.82, 2.24) is 10.6 Å². The van der Waals surface area contributed by atoms with Crippen LogP contribution in [0.3, 0.4) is 0 Å². The molecule has 1 aromatic carbocycles. The van der Waals surface area contributed by atoms with Crippen molar-refractivity contribution < 1.29 is 0 Å². The third kappa shape index (κ3) is 5.62.